The average molecular weight is 246 g/mol. The van der Waals surface area contributed by atoms with Gasteiger partial charge >= 0.3 is 12.6 Å². The normalized spacial score (nSPS) is 10.4. The van der Waals surface area contributed by atoms with Gasteiger partial charge < -0.3 is 14.6 Å². The predicted octanol–water partition coefficient (Wildman–Crippen LogP) is 2.31. The van der Waals surface area contributed by atoms with Gasteiger partial charge in [0.1, 0.15) is 0 Å². The Bertz CT molecular complexity index is 393. The van der Waals surface area contributed by atoms with Gasteiger partial charge in [-0.05, 0) is 24.6 Å². The van der Waals surface area contributed by atoms with Gasteiger partial charge in [0.15, 0.2) is 11.5 Å². The number of carbonyl (C=O) groups is 1. The van der Waals surface area contributed by atoms with Crippen LogP contribution < -0.4 is 9.47 Å². The molecule has 4 nitrogen and oxygen atoms in total. The predicted molar refractivity (Wildman–Crippen MR) is 55.6 cm³/mol. The van der Waals surface area contributed by atoms with Gasteiger partial charge in [0.25, 0.3) is 0 Å². The summed E-state index contributed by atoms with van der Waals surface area (Å²) in [5.41, 5.74) is 0.461. The van der Waals surface area contributed by atoms with Gasteiger partial charge in [-0.25, -0.2) is 0 Å². The Morgan fingerprint density at radius 2 is 2.12 bits per heavy atom. The highest BCUT2D eigenvalue weighted by atomic mass is 19.3. The molecule has 0 heterocycles. The largest absolute Gasteiger partial charge is 0.490 e. The maximum atomic E-state index is 12.1. The molecule has 0 aliphatic heterocycles. The van der Waals surface area contributed by atoms with Crippen LogP contribution >= 0.6 is 0 Å². The van der Waals surface area contributed by atoms with Crippen LogP contribution in [0, 0.1) is 0 Å². The Balaban J connectivity index is 2.94. The molecule has 0 saturated carbocycles. The Hall–Kier alpha value is -1.85. The molecule has 0 saturated heterocycles. The summed E-state index contributed by atoms with van der Waals surface area (Å²) in [5.74, 6) is -0.988. The molecule has 0 unspecified atom stereocenters. The van der Waals surface area contributed by atoms with Crippen LogP contribution in [0.5, 0.6) is 11.5 Å². The third kappa shape index (κ3) is 4.26. The third-order valence-electron chi connectivity index (χ3n) is 1.88. The van der Waals surface area contributed by atoms with Crippen molar-refractivity contribution in [1.82, 2.24) is 0 Å². The van der Waals surface area contributed by atoms with E-state index in [1.165, 1.54) is 18.2 Å². The van der Waals surface area contributed by atoms with Gasteiger partial charge in [-0.1, -0.05) is 6.07 Å². The number of carboxylic acid groups (broad SMARTS) is 1. The van der Waals surface area contributed by atoms with Crippen LogP contribution in [0.1, 0.15) is 12.5 Å². The molecule has 0 fully saturated rings. The summed E-state index contributed by atoms with van der Waals surface area (Å²) in [7, 11) is 0. The lowest BCUT2D eigenvalue weighted by Crippen LogP contribution is -2.06. The standard InChI is InChI=1S/C11H12F2O4/c1-2-16-9-5-7(6-10(14)15)3-4-8(9)17-11(12)13/h3-5,11H,2,6H2,1H3,(H,14,15). The molecular formula is C11H12F2O4. The molecule has 0 spiro atoms. The van der Waals surface area contributed by atoms with E-state index in [9.17, 15) is 13.6 Å². The number of hydrogen-bond donors (Lipinski definition) is 1. The van der Waals surface area contributed by atoms with Crippen LogP contribution in [0.2, 0.25) is 0 Å². The van der Waals surface area contributed by atoms with E-state index in [1.54, 1.807) is 6.92 Å². The fraction of sp³-hybridized carbons (Fsp3) is 0.364. The van der Waals surface area contributed by atoms with Crippen molar-refractivity contribution in [2.24, 2.45) is 0 Å². The van der Waals surface area contributed by atoms with E-state index in [-0.39, 0.29) is 24.5 Å². The zero-order valence-electron chi connectivity index (χ0n) is 9.15. The number of ether oxygens (including phenoxy) is 2. The summed E-state index contributed by atoms with van der Waals surface area (Å²) in [6.45, 7) is -0.980. The van der Waals surface area contributed by atoms with E-state index in [4.69, 9.17) is 9.84 Å². The lowest BCUT2D eigenvalue weighted by atomic mass is 10.1. The first kappa shape index (κ1) is 13.2. The van der Waals surface area contributed by atoms with Crippen molar-refractivity contribution in [2.75, 3.05) is 6.61 Å². The Labute approximate surface area is 96.8 Å². The van der Waals surface area contributed by atoms with Gasteiger partial charge in [0, 0.05) is 0 Å². The van der Waals surface area contributed by atoms with Crippen LogP contribution in [0.15, 0.2) is 18.2 Å². The quantitative estimate of drug-likeness (QED) is 0.836. The number of aliphatic carboxylic acids is 1. The van der Waals surface area contributed by atoms with Crippen LogP contribution in [-0.2, 0) is 11.2 Å². The molecule has 0 aliphatic rings. The van der Waals surface area contributed by atoms with Crippen molar-refractivity contribution < 1.29 is 28.2 Å². The Morgan fingerprint density at radius 1 is 1.41 bits per heavy atom. The van der Waals surface area contributed by atoms with Crippen molar-refractivity contribution in [1.29, 1.82) is 0 Å². The Kier molecular flexibility index (Phi) is 4.68. The van der Waals surface area contributed by atoms with Crippen molar-refractivity contribution in [3.05, 3.63) is 23.8 Å². The summed E-state index contributed by atoms with van der Waals surface area (Å²) in [4.78, 5) is 10.5. The molecule has 0 aliphatic carbocycles. The highest BCUT2D eigenvalue weighted by Crippen LogP contribution is 2.30. The number of hydrogen-bond acceptors (Lipinski definition) is 3. The summed E-state index contributed by atoms with van der Waals surface area (Å²) in [6.07, 6.45) is -0.199. The summed E-state index contributed by atoms with van der Waals surface area (Å²) in [5, 5.41) is 8.61. The Morgan fingerprint density at radius 3 is 2.65 bits per heavy atom. The van der Waals surface area contributed by atoms with Gasteiger partial charge in [-0.15, -0.1) is 0 Å². The van der Waals surface area contributed by atoms with E-state index in [2.05, 4.69) is 4.74 Å². The van der Waals surface area contributed by atoms with E-state index in [0.717, 1.165) is 0 Å². The van der Waals surface area contributed by atoms with E-state index in [1.807, 2.05) is 0 Å². The molecule has 0 bridgehead atoms. The number of halogens is 2. The summed E-state index contributed by atoms with van der Waals surface area (Å²) >= 11 is 0. The SMILES string of the molecule is CCOc1cc(CC(=O)O)ccc1OC(F)F. The molecule has 0 radical (unpaired) electrons. The first-order valence-electron chi connectivity index (χ1n) is 4.95. The second-order valence-electron chi connectivity index (χ2n) is 3.16. The van der Waals surface area contributed by atoms with Crippen molar-refractivity contribution >= 4 is 5.97 Å². The van der Waals surface area contributed by atoms with E-state index < -0.39 is 12.6 Å². The molecule has 6 heteroatoms. The van der Waals surface area contributed by atoms with Gasteiger partial charge in [0.2, 0.25) is 0 Å². The number of benzene rings is 1. The molecule has 1 N–H and O–H groups in total. The molecule has 0 aromatic heterocycles. The van der Waals surface area contributed by atoms with Crippen LogP contribution in [0.3, 0.4) is 0 Å². The number of carboxylic acids is 1. The minimum atomic E-state index is -2.94. The van der Waals surface area contributed by atoms with Gasteiger partial charge in [-0.3, -0.25) is 4.79 Å². The maximum Gasteiger partial charge on any atom is 0.387 e. The van der Waals surface area contributed by atoms with Crippen LogP contribution in [-0.4, -0.2) is 24.3 Å². The smallest absolute Gasteiger partial charge is 0.387 e. The lowest BCUT2D eigenvalue weighted by molar-refractivity contribution is -0.136. The van der Waals surface area contributed by atoms with E-state index in [0.29, 0.717) is 5.56 Å². The zero-order valence-corrected chi connectivity index (χ0v) is 9.15. The molecule has 0 atom stereocenters. The number of rotatable bonds is 6. The summed E-state index contributed by atoms with van der Waals surface area (Å²) < 4.78 is 33.5. The molecule has 1 aromatic rings. The van der Waals surface area contributed by atoms with Gasteiger partial charge in [-0.2, -0.15) is 8.78 Å². The van der Waals surface area contributed by atoms with Crippen molar-refractivity contribution in [2.45, 2.75) is 20.0 Å². The maximum absolute atomic E-state index is 12.1. The summed E-state index contributed by atoms with van der Waals surface area (Å²) in [6, 6.07) is 4.07. The second kappa shape index (κ2) is 6.03. The van der Waals surface area contributed by atoms with E-state index >= 15 is 0 Å². The topological polar surface area (TPSA) is 55.8 Å². The first-order chi connectivity index (χ1) is 8.02. The van der Waals surface area contributed by atoms with Gasteiger partial charge in [0.05, 0.1) is 13.0 Å². The molecular weight excluding hydrogens is 234 g/mol. The molecule has 0 amide bonds. The lowest BCUT2D eigenvalue weighted by Gasteiger charge is -2.12. The first-order valence-corrected chi connectivity index (χ1v) is 4.95. The molecule has 94 valence electrons. The highest BCUT2D eigenvalue weighted by Gasteiger charge is 2.12. The zero-order chi connectivity index (χ0) is 12.8. The fourth-order valence-corrected chi connectivity index (χ4v) is 1.30. The van der Waals surface area contributed by atoms with Crippen molar-refractivity contribution in [3.8, 4) is 11.5 Å². The fourth-order valence-electron chi connectivity index (χ4n) is 1.30. The average Bonchev–Trinajstić information content (AvgIpc) is 2.21. The minimum absolute atomic E-state index is 0.101. The molecule has 1 rings (SSSR count). The van der Waals surface area contributed by atoms with Crippen LogP contribution in [0.4, 0.5) is 8.78 Å². The van der Waals surface area contributed by atoms with Crippen molar-refractivity contribution in [3.63, 3.8) is 0 Å². The van der Waals surface area contributed by atoms with Crippen LogP contribution in [0.25, 0.3) is 0 Å². The minimum Gasteiger partial charge on any atom is -0.490 e. The highest BCUT2D eigenvalue weighted by molar-refractivity contribution is 5.70. The molecule has 17 heavy (non-hydrogen) atoms. The number of alkyl halides is 2. The third-order valence-corrected chi connectivity index (χ3v) is 1.88. The molecule has 1 aromatic carbocycles. The monoisotopic (exact) mass is 246 g/mol. The second-order valence-corrected chi connectivity index (χ2v) is 3.16.